The zero-order valence-corrected chi connectivity index (χ0v) is 16.6. The first-order valence-corrected chi connectivity index (χ1v) is 9.31. The predicted octanol–water partition coefficient (Wildman–Crippen LogP) is 5.56. The van der Waals surface area contributed by atoms with Gasteiger partial charge in [-0.05, 0) is 81.0 Å². The summed E-state index contributed by atoms with van der Waals surface area (Å²) in [5, 5.41) is 9.95. The molecule has 2 nitrogen and oxygen atoms in total. The van der Waals surface area contributed by atoms with E-state index in [4.69, 9.17) is 0 Å². The molecule has 1 unspecified atom stereocenters. The Morgan fingerprint density at radius 1 is 1.04 bits per heavy atom. The molecule has 1 aliphatic carbocycles. The lowest BCUT2D eigenvalue weighted by molar-refractivity contribution is 0.437. The lowest BCUT2D eigenvalue weighted by Crippen LogP contribution is -2.16. The van der Waals surface area contributed by atoms with E-state index < -0.39 is 0 Å². The number of halogens is 1. The molecule has 0 saturated carbocycles. The lowest BCUT2D eigenvalue weighted by Gasteiger charge is -2.20. The summed E-state index contributed by atoms with van der Waals surface area (Å²) in [5.41, 5.74) is 5.60. The summed E-state index contributed by atoms with van der Waals surface area (Å²) in [4.78, 5) is 2.26. The number of likely N-dealkylation sites (N-methyl/N-ethyl adjacent to an activating group) is 1. The van der Waals surface area contributed by atoms with Gasteiger partial charge in [0.1, 0.15) is 5.75 Å². The van der Waals surface area contributed by atoms with Gasteiger partial charge in [-0.1, -0.05) is 48.0 Å². The van der Waals surface area contributed by atoms with Crippen molar-refractivity contribution in [2.24, 2.45) is 5.92 Å². The van der Waals surface area contributed by atoms with Crippen molar-refractivity contribution in [2.75, 3.05) is 20.6 Å². The molecule has 2 aromatic carbocycles. The minimum absolute atomic E-state index is 0. The van der Waals surface area contributed by atoms with Crippen LogP contribution in [0.3, 0.4) is 0 Å². The first kappa shape index (κ1) is 20.5. The van der Waals surface area contributed by atoms with E-state index in [1.165, 1.54) is 35.1 Å². The third-order valence-electron chi connectivity index (χ3n) is 5.08. The lowest BCUT2D eigenvalue weighted by atomic mass is 9.87. The van der Waals surface area contributed by atoms with Crippen LogP contribution in [0.25, 0.3) is 5.57 Å². The molecular formula is C23H30ClNO. The Morgan fingerprint density at radius 2 is 1.81 bits per heavy atom. The van der Waals surface area contributed by atoms with Crippen LogP contribution in [0.1, 0.15) is 36.8 Å². The van der Waals surface area contributed by atoms with Gasteiger partial charge in [-0.3, -0.25) is 0 Å². The van der Waals surface area contributed by atoms with Crippen molar-refractivity contribution in [3.05, 3.63) is 71.3 Å². The van der Waals surface area contributed by atoms with Crippen LogP contribution in [-0.2, 0) is 6.42 Å². The molecule has 0 bridgehead atoms. The molecule has 0 spiro atoms. The van der Waals surface area contributed by atoms with Crippen molar-refractivity contribution in [3.63, 3.8) is 0 Å². The Kier molecular flexibility index (Phi) is 7.74. The summed E-state index contributed by atoms with van der Waals surface area (Å²) in [6.45, 7) is 1.00. The van der Waals surface area contributed by atoms with Gasteiger partial charge in [-0.15, -0.1) is 12.4 Å². The molecule has 0 aliphatic heterocycles. The summed E-state index contributed by atoms with van der Waals surface area (Å²) in [5.74, 6) is 1.03. The molecule has 1 N–H and O–H groups in total. The molecule has 140 valence electrons. The predicted molar refractivity (Wildman–Crippen MR) is 113 cm³/mol. The molecule has 3 heteroatoms. The smallest absolute Gasteiger partial charge is 0.116 e. The highest BCUT2D eigenvalue weighted by Gasteiger charge is 2.21. The molecule has 1 atom stereocenters. The molecule has 0 radical (unpaired) electrons. The Labute approximate surface area is 164 Å². The number of nitrogens with zero attached hydrogens (tertiary/aromatic N) is 1. The second kappa shape index (κ2) is 9.80. The molecule has 0 amide bonds. The second-order valence-corrected chi connectivity index (χ2v) is 7.52. The van der Waals surface area contributed by atoms with Crippen LogP contribution in [0.5, 0.6) is 5.75 Å². The molecular weight excluding hydrogens is 342 g/mol. The molecule has 0 aromatic heterocycles. The minimum Gasteiger partial charge on any atom is -0.508 e. The Bertz CT molecular complexity index is 724. The molecule has 0 heterocycles. The summed E-state index contributed by atoms with van der Waals surface area (Å²) >= 11 is 0. The number of hydrogen-bond acceptors (Lipinski definition) is 2. The van der Waals surface area contributed by atoms with Gasteiger partial charge in [0, 0.05) is 6.54 Å². The summed E-state index contributed by atoms with van der Waals surface area (Å²) < 4.78 is 0. The van der Waals surface area contributed by atoms with E-state index in [-0.39, 0.29) is 12.4 Å². The number of aromatic hydroxyl groups is 1. The highest BCUT2D eigenvalue weighted by atomic mass is 35.5. The topological polar surface area (TPSA) is 23.5 Å². The first-order chi connectivity index (χ1) is 12.1. The number of phenols is 1. The number of hydrogen-bond donors (Lipinski definition) is 1. The fourth-order valence-corrected chi connectivity index (χ4v) is 3.98. The van der Waals surface area contributed by atoms with Crippen molar-refractivity contribution in [3.8, 4) is 5.75 Å². The van der Waals surface area contributed by atoms with Crippen molar-refractivity contribution >= 4 is 18.0 Å². The van der Waals surface area contributed by atoms with Crippen LogP contribution in [0.15, 0.2) is 60.2 Å². The van der Waals surface area contributed by atoms with Gasteiger partial charge in [-0.25, -0.2) is 0 Å². The van der Waals surface area contributed by atoms with E-state index in [1.54, 1.807) is 6.07 Å². The molecule has 2 aromatic rings. The van der Waals surface area contributed by atoms with E-state index in [0.717, 1.165) is 25.8 Å². The monoisotopic (exact) mass is 371 g/mol. The Hall–Kier alpha value is -1.77. The van der Waals surface area contributed by atoms with Gasteiger partial charge >= 0.3 is 0 Å². The van der Waals surface area contributed by atoms with Crippen molar-refractivity contribution in [1.29, 1.82) is 0 Å². The summed E-state index contributed by atoms with van der Waals surface area (Å²) in [6.07, 6.45) is 5.92. The minimum atomic E-state index is 0. The average Bonchev–Trinajstić information content (AvgIpc) is 2.78. The SMILES string of the molecule is CN(C)CC1=C(c2cccc(O)c2)CC(Cc2ccccc2)CCC1.Cl. The quantitative estimate of drug-likeness (QED) is 0.743. The summed E-state index contributed by atoms with van der Waals surface area (Å²) in [6, 6.07) is 18.6. The highest BCUT2D eigenvalue weighted by molar-refractivity contribution is 5.85. The normalized spacial score (nSPS) is 17.7. The number of allylic oxidation sites excluding steroid dienone is 1. The van der Waals surface area contributed by atoms with Crippen LogP contribution in [-0.4, -0.2) is 30.6 Å². The van der Waals surface area contributed by atoms with Crippen LogP contribution in [0.4, 0.5) is 0 Å². The third-order valence-corrected chi connectivity index (χ3v) is 5.08. The molecule has 0 saturated heterocycles. The Morgan fingerprint density at radius 3 is 2.50 bits per heavy atom. The third kappa shape index (κ3) is 5.62. The van der Waals surface area contributed by atoms with E-state index in [0.29, 0.717) is 11.7 Å². The van der Waals surface area contributed by atoms with Gasteiger partial charge in [0.15, 0.2) is 0 Å². The van der Waals surface area contributed by atoms with Crippen molar-refractivity contribution in [1.82, 2.24) is 4.90 Å². The zero-order chi connectivity index (χ0) is 17.6. The summed E-state index contributed by atoms with van der Waals surface area (Å²) in [7, 11) is 4.28. The van der Waals surface area contributed by atoms with Crippen LogP contribution in [0.2, 0.25) is 0 Å². The average molecular weight is 372 g/mol. The van der Waals surface area contributed by atoms with E-state index >= 15 is 0 Å². The number of rotatable bonds is 5. The molecule has 0 fully saturated rings. The van der Waals surface area contributed by atoms with Crippen molar-refractivity contribution < 1.29 is 5.11 Å². The maximum atomic E-state index is 9.95. The van der Waals surface area contributed by atoms with Gasteiger partial charge in [-0.2, -0.15) is 0 Å². The number of benzene rings is 2. The Balaban J connectivity index is 0.00000243. The fraction of sp³-hybridized carbons (Fsp3) is 0.391. The van der Waals surface area contributed by atoms with Gasteiger partial charge in [0.2, 0.25) is 0 Å². The maximum absolute atomic E-state index is 9.95. The highest BCUT2D eigenvalue weighted by Crippen LogP contribution is 2.36. The van der Waals surface area contributed by atoms with Crippen LogP contribution in [0, 0.1) is 5.92 Å². The van der Waals surface area contributed by atoms with Crippen LogP contribution < -0.4 is 0 Å². The molecule has 3 rings (SSSR count). The maximum Gasteiger partial charge on any atom is 0.116 e. The van der Waals surface area contributed by atoms with Crippen molar-refractivity contribution in [2.45, 2.75) is 32.1 Å². The first-order valence-electron chi connectivity index (χ1n) is 9.31. The van der Waals surface area contributed by atoms with E-state index in [2.05, 4.69) is 55.4 Å². The standard InChI is InChI=1S/C23H29NO.ClH/c1-24(2)17-21-12-6-10-19(14-18-8-4-3-5-9-18)15-23(21)20-11-7-13-22(25)16-20;/h3-5,7-9,11,13,16,19,25H,6,10,12,14-15,17H2,1-2H3;1H. The fourth-order valence-electron chi connectivity index (χ4n) is 3.98. The van der Waals surface area contributed by atoms with E-state index in [1.807, 2.05) is 12.1 Å². The largest absolute Gasteiger partial charge is 0.508 e. The number of phenolic OH excluding ortho intramolecular Hbond substituents is 1. The van der Waals surface area contributed by atoms with Crippen LogP contribution >= 0.6 is 12.4 Å². The zero-order valence-electron chi connectivity index (χ0n) is 15.8. The molecule has 1 aliphatic rings. The van der Waals surface area contributed by atoms with Gasteiger partial charge < -0.3 is 10.0 Å². The molecule has 26 heavy (non-hydrogen) atoms. The van der Waals surface area contributed by atoms with Gasteiger partial charge in [0.05, 0.1) is 0 Å². The van der Waals surface area contributed by atoms with Gasteiger partial charge in [0.25, 0.3) is 0 Å². The van der Waals surface area contributed by atoms with E-state index in [9.17, 15) is 5.11 Å². The second-order valence-electron chi connectivity index (χ2n) is 7.52.